The molecule has 0 saturated heterocycles. The molecule has 0 N–H and O–H groups in total. The fourth-order valence-corrected chi connectivity index (χ4v) is 1.54. The molecule has 0 aliphatic rings. The molecular weight excluding hydrogens is 224 g/mol. The predicted octanol–water partition coefficient (Wildman–Crippen LogP) is 3.32. The van der Waals surface area contributed by atoms with Crippen LogP contribution in [0.2, 0.25) is 5.28 Å². The van der Waals surface area contributed by atoms with Crippen molar-refractivity contribution in [3.05, 3.63) is 29.5 Å². The number of ether oxygens (including phenoxy) is 1. The van der Waals surface area contributed by atoms with E-state index in [2.05, 4.69) is 23.8 Å². The summed E-state index contributed by atoms with van der Waals surface area (Å²) in [5.74, 6) is 1.01. The minimum atomic E-state index is 0.220. The van der Waals surface area contributed by atoms with Gasteiger partial charge in [-0.05, 0) is 29.7 Å². The van der Waals surface area contributed by atoms with Gasteiger partial charge in [0.25, 0.3) is 0 Å². The lowest BCUT2D eigenvalue weighted by atomic mass is 10.2. The second kappa shape index (κ2) is 4.66. The summed E-state index contributed by atoms with van der Waals surface area (Å²) in [5.41, 5.74) is 0.807. The number of para-hydroxylation sites is 1. The molecule has 2 rings (SSSR count). The summed E-state index contributed by atoms with van der Waals surface area (Å²) >= 11 is 5.84. The van der Waals surface area contributed by atoms with Crippen molar-refractivity contribution in [3.8, 4) is 5.88 Å². The summed E-state index contributed by atoms with van der Waals surface area (Å²) < 4.78 is 5.63. The van der Waals surface area contributed by atoms with Crippen molar-refractivity contribution < 1.29 is 4.74 Å². The standard InChI is InChI=1S/C12H13ClN2O/c1-8(2)7-16-11-9-5-3-4-6-10(9)14-12(13)15-11/h3-6,8H,7H2,1-2H3. The summed E-state index contributed by atoms with van der Waals surface area (Å²) in [6.45, 7) is 4.80. The maximum absolute atomic E-state index is 5.84. The summed E-state index contributed by atoms with van der Waals surface area (Å²) in [7, 11) is 0. The second-order valence-electron chi connectivity index (χ2n) is 4.02. The quantitative estimate of drug-likeness (QED) is 0.767. The molecule has 3 nitrogen and oxygen atoms in total. The van der Waals surface area contributed by atoms with Crippen LogP contribution in [0.1, 0.15) is 13.8 Å². The van der Waals surface area contributed by atoms with Crippen LogP contribution < -0.4 is 4.74 Å². The monoisotopic (exact) mass is 236 g/mol. The molecule has 0 fully saturated rings. The van der Waals surface area contributed by atoms with Crippen LogP contribution in [0.4, 0.5) is 0 Å². The van der Waals surface area contributed by atoms with Crippen molar-refractivity contribution in [3.63, 3.8) is 0 Å². The highest BCUT2D eigenvalue weighted by Crippen LogP contribution is 2.23. The van der Waals surface area contributed by atoms with Gasteiger partial charge in [0.1, 0.15) is 0 Å². The van der Waals surface area contributed by atoms with E-state index in [4.69, 9.17) is 16.3 Å². The van der Waals surface area contributed by atoms with Crippen molar-refractivity contribution >= 4 is 22.5 Å². The fourth-order valence-electron chi connectivity index (χ4n) is 1.38. The van der Waals surface area contributed by atoms with Crippen molar-refractivity contribution in [1.29, 1.82) is 0 Å². The van der Waals surface area contributed by atoms with Gasteiger partial charge in [-0.3, -0.25) is 0 Å². The number of halogens is 1. The predicted molar refractivity (Wildman–Crippen MR) is 64.9 cm³/mol. The number of benzene rings is 1. The summed E-state index contributed by atoms with van der Waals surface area (Å²) in [5, 5.41) is 1.12. The van der Waals surface area contributed by atoms with Crippen molar-refractivity contribution in [2.24, 2.45) is 5.92 Å². The molecule has 0 spiro atoms. The maximum atomic E-state index is 5.84. The van der Waals surface area contributed by atoms with Gasteiger partial charge in [-0.2, -0.15) is 4.98 Å². The van der Waals surface area contributed by atoms with E-state index >= 15 is 0 Å². The maximum Gasteiger partial charge on any atom is 0.226 e. The molecule has 0 amide bonds. The van der Waals surface area contributed by atoms with Crippen molar-refractivity contribution in [2.75, 3.05) is 6.61 Å². The zero-order valence-electron chi connectivity index (χ0n) is 9.27. The smallest absolute Gasteiger partial charge is 0.226 e. The Morgan fingerprint density at radius 3 is 2.75 bits per heavy atom. The molecule has 1 aromatic carbocycles. The Labute approximate surface area is 99.4 Å². The van der Waals surface area contributed by atoms with Gasteiger partial charge in [-0.25, -0.2) is 4.98 Å². The Balaban J connectivity index is 2.42. The lowest BCUT2D eigenvalue weighted by Gasteiger charge is -2.09. The number of aromatic nitrogens is 2. The third kappa shape index (κ3) is 2.42. The number of nitrogens with zero attached hydrogens (tertiary/aromatic N) is 2. The van der Waals surface area contributed by atoms with Crippen LogP contribution in [0.3, 0.4) is 0 Å². The third-order valence-electron chi connectivity index (χ3n) is 2.09. The molecule has 16 heavy (non-hydrogen) atoms. The van der Waals surface area contributed by atoms with E-state index in [1.165, 1.54) is 0 Å². The van der Waals surface area contributed by atoms with Crippen LogP contribution in [-0.2, 0) is 0 Å². The normalized spacial score (nSPS) is 11.0. The Morgan fingerprint density at radius 2 is 2.00 bits per heavy atom. The molecule has 0 aliphatic carbocycles. The van der Waals surface area contributed by atoms with Crippen LogP contribution >= 0.6 is 11.6 Å². The number of hydrogen-bond donors (Lipinski definition) is 0. The summed E-state index contributed by atoms with van der Waals surface area (Å²) in [4.78, 5) is 8.24. The Hall–Kier alpha value is -1.35. The first-order chi connectivity index (χ1) is 7.66. The van der Waals surface area contributed by atoms with Crippen molar-refractivity contribution in [2.45, 2.75) is 13.8 Å². The van der Waals surface area contributed by atoms with Crippen LogP contribution in [-0.4, -0.2) is 16.6 Å². The first kappa shape index (κ1) is 11.1. The highest BCUT2D eigenvalue weighted by Gasteiger charge is 2.07. The van der Waals surface area contributed by atoms with E-state index < -0.39 is 0 Å². The van der Waals surface area contributed by atoms with E-state index in [0.29, 0.717) is 18.4 Å². The van der Waals surface area contributed by atoms with Gasteiger partial charge in [-0.1, -0.05) is 26.0 Å². The van der Waals surface area contributed by atoms with Gasteiger partial charge >= 0.3 is 0 Å². The van der Waals surface area contributed by atoms with Gasteiger partial charge in [-0.15, -0.1) is 0 Å². The zero-order chi connectivity index (χ0) is 11.5. The topological polar surface area (TPSA) is 35.0 Å². The van der Waals surface area contributed by atoms with E-state index in [9.17, 15) is 0 Å². The Kier molecular flexibility index (Phi) is 3.25. The SMILES string of the molecule is CC(C)COc1nc(Cl)nc2ccccc12. The molecule has 0 aliphatic heterocycles. The number of hydrogen-bond acceptors (Lipinski definition) is 3. The first-order valence-corrected chi connectivity index (χ1v) is 5.59. The van der Waals surface area contributed by atoms with Gasteiger partial charge < -0.3 is 4.74 Å². The highest BCUT2D eigenvalue weighted by molar-refractivity contribution is 6.28. The lowest BCUT2D eigenvalue weighted by molar-refractivity contribution is 0.264. The van der Waals surface area contributed by atoms with Crippen molar-refractivity contribution in [1.82, 2.24) is 9.97 Å². The Bertz CT molecular complexity index is 499. The van der Waals surface area contributed by atoms with E-state index in [1.54, 1.807) is 0 Å². The van der Waals surface area contributed by atoms with Gasteiger partial charge in [0, 0.05) is 0 Å². The molecule has 1 aromatic heterocycles. The molecule has 84 valence electrons. The average molecular weight is 237 g/mol. The first-order valence-electron chi connectivity index (χ1n) is 5.22. The third-order valence-corrected chi connectivity index (χ3v) is 2.26. The Morgan fingerprint density at radius 1 is 1.25 bits per heavy atom. The van der Waals surface area contributed by atoms with Crippen LogP contribution in [0.5, 0.6) is 5.88 Å². The second-order valence-corrected chi connectivity index (χ2v) is 4.36. The molecule has 1 heterocycles. The average Bonchev–Trinajstić information content (AvgIpc) is 2.25. The van der Waals surface area contributed by atoms with E-state index in [0.717, 1.165) is 10.9 Å². The lowest BCUT2D eigenvalue weighted by Crippen LogP contribution is -2.06. The molecule has 0 bridgehead atoms. The molecular formula is C12H13ClN2O. The number of fused-ring (bicyclic) bond motifs is 1. The molecule has 4 heteroatoms. The van der Waals surface area contributed by atoms with E-state index in [-0.39, 0.29) is 5.28 Å². The molecule has 0 saturated carbocycles. The largest absolute Gasteiger partial charge is 0.477 e. The fraction of sp³-hybridized carbons (Fsp3) is 0.333. The molecule has 0 radical (unpaired) electrons. The van der Waals surface area contributed by atoms with Crippen LogP contribution in [0.15, 0.2) is 24.3 Å². The van der Waals surface area contributed by atoms with Crippen LogP contribution in [0, 0.1) is 5.92 Å². The minimum Gasteiger partial charge on any atom is -0.477 e. The van der Waals surface area contributed by atoms with Gasteiger partial charge in [0.05, 0.1) is 17.5 Å². The van der Waals surface area contributed by atoms with Gasteiger partial charge in [0.2, 0.25) is 11.2 Å². The summed E-state index contributed by atoms with van der Waals surface area (Å²) in [6.07, 6.45) is 0. The molecule has 0 atom stereocenters. The number of rotatable bonds is 3. The summed E-state index contributed by atoms with van der Waals surface area (Å²) in [6, 6.07) is 7.67. The molecule has 2 aromatic rings. The van der Waals surface area contributed by atoms with Crippen LogP contribution in [0.25, 0.3) is 10.9 Å². The minimum absolute atomic E-state index is 0.220. The highest BCUT2D eigenvalue weighted by atomic mass is 35.5. The van der Waals surface area contributed by atoms with E-state index in [1.807, 2.05) is 24.3 Å². The zero-order valence-corrected chi connectivity index (χ0v) is 10.0. The van der Waals surface area contributed by atoms with Gasteiger partial charge in [0.15, 0.2) is 0 Å². The molecule has 0 unspecified atom stereocenters.